The Hall–Kier alpha value is -2.04. The van der Waals surface area contributed by atoms with Crippen molar-refractivity contribution in [2.45, 2.75) is 25.0 Å². The highest BCUT2D eigenvalue weighted by Crippen LogP contribution is 2.36. The van der Waals surface area contributed by atoms with Gasteiger partial charge < -0.3 is 19.9 Å². The lowest BCUT2D eigenvalue weighted by molar-refractivity contribution is 0.0384. The van der Waals surface area contributed by atoms with Crippen molar-refractivity contribution in [1.29, 1.82) is 0 Å². The largest absolute Gasteiger partial charge is 0.497 e. The molecule has 0 amide bonds. The fraction of sp³-hybridized carbons (Fsp3) is 0.368. The average Bonchev–Trinajstić information content (AvgIpc) is 2.92. The zero-order chi connectivity index (χ0) is 16.3. The van der Waals surface area contributed by atoms with E-state index in [1.54, 1.807) is 14.2 Å². The second-order valence-electron chi connectivity index (χ2n) is 5.97. The minimum absolute atomic E-state index is 0.518. The summed E-state index contributed by atoms with van der Waals surface area (Å²) in [6.45, 7) is 1.13. The summed E-state index contributed by atoms with van der Waals surface area (Å²) < 4.78 is 10.7. The molecule has 2 aromatic carbocycles. The number of benzene rings is 2. The van der Waals surface area contributed by atoms with E-state index in [1.807, 2.05) is 36.4 Å². The molecule has 3 rings (SSSR count). The molecule has 0 heterocycles. The second kappa shape index (κ2) is 6.60. The summed E-state index contributed by atoms with van der Waals surface area (Å²) in [5.74, 6) is 1.62. The van der Waals surface area contributed by atoms with E-state index in [0.29, 0.717) is 13.1 Å². The van der Waals surface area contributed by atoms with Crippen molar-refractivity contribution in [3.8, 4) is 11.5 Å². The molecule has 0 radical (unpaired) electrons. The first kappa shape index (κ1) is 15.8. The van der Waals surface area contributed by atoms with Crippen LogP contribution >= 0.6 is 0 Å². The number of rotatable bonds is 6. The molecule has 0 saturated carbocycles. The van der Waals surface area contributed by atoms with Gasteiger partial charge in [-0.1, -0.05) is 24.3 Å². The molecule has 1 aliphatic rings. The van der Waals surface area contributed by atoms with Gasteiger partial charge in [-0.05, 0) is 42.2 Å². The van der Waals surface area contributed by atoms with Crippen LogP contribution in [-0.2, 0) is 18.6 Å². The summed E-state index contributed by atoms with van der Waals surface area (Å²) in [6, 6.07) is 13.9. The van der Waals surface area contributed by atoms with Crippen LogP contribution in [0.5, 0.6) is 11.5 Å². The van der Waals surface area contributed by atoms with Crippen molar-refractivity contribution >= 4 is 0 Å². The average molecular weight is 313 g/mol. The van der Waals surface area contributed by atoms with Gasteiger partial charge in [0.15, 0.2) is 0 Å². The smallest absolute Gasteiger partial charge is 0.123 e. The first-order valence-corrected chi connectivity index (χ1v) is 7.89. The summed E-state index contributed by atoms with van der Waals surface area (Å²) in [4.78, 5) is 0. The van der Waals surface area contributed by atoms with E-state index in [0.717, 1.165) is 35.5 Å². The molecule has 0 spiro atoms. The molecule has 122 valence electrons. The standard InChI is InChI=1S/C19H23NO3/c1-22-16-7-8-18(23-2)15(11-16)12-20-13-19(21)10-9-14-5-3-4-6-17(14)19/h3-8,11,20-21H,9-10,12-13H2,1-2H3. The molecule has 1 atom stereocenters. The Labute approximate surface area is 137 Å². The Bertz CT molecular complexity index is 686. The van der Waals surface area contributed by atoms with E-state index < -0.39 is 5.60 Å². The van der Waals surface area contributed by atoms with Gasteiger partial charge in [0.05, 0.1) is 14.2 Å². The zero-order valence-corrected chi connectivity index (χ0v) is 13.6. The van der Waals surface area contributed by atoms with Crippen LogP contribution in [0.3, 0.4) is 0 Å². The minimum Gasteiger partial charge on any atom is -0.497 e. The van der Waals surface area contributed by atoms with E-state index in [9.17, 15) is 5.11 Å². The molecule has 4 heteroatoms. The minimum atomic E-state index is -0.789. The molecular weight excluding hydrogens is 290 g/mol. The quantitative estimate of drug-likeness (QED) is 0.861. The molecule has 23 heavy (non-hydrogen) atoms. The highest BCUT2D eigenvalue weighted by Gasteiger charge is 2.35. The van der Waals surface area contributed by atoms with Crippen molar-refractivity contribution in [2.24, 2.45) is 0 Å². The highest BCUT2D eigenvalue weighted by atomic mass is 16.5. The summed E-state index contributed by atoms with van der Waals surface area (Å²) >= 11 is 0. The van der Waals surface area contributed by atoms with Gasteiger partial charge in [0, 0.05) is 18.7 Å². The maximum atomic E-state index is 10.9. The molecule has 0 aliphatic heterocycles. The maximum Gasteiger partial charge on any atom is 0.123 e. The first-order chi connectivity index (χ1) is 11.2. The van der Waals surface area contributed by atoms with Crippen molar-refractivity contribution in [3.63, 3.8) is 0 Å². The normalized spacial score (nSPS) is 19.4. The molecule has 0 bridgehead atoms. The summed E-state index contributed by atoms with van der Waals surface area (Å²) in [5.41, 5.74) is 2.52. The molecule has 4 nitrogen and oxygen atoms in total. The lowest BCUT2D eigenvalue weighted by Crippen LogP contribution is -2.36. The number of methoxy groups -OCH3 is 2. The van der Waals surface area contributed by atoms with Crippen molar-refractivity contribution in [1.82, 2.24) is 5.32 Å². The molecule has 2 N–H and O–H groups in total. The Morgan fingerprint density at radius 2 is 1.96 bits per heavy atom. The van der Waals surface area contributed by atoms with E-state index in [4.69, 9.17) is 9.47 Å². The number of ether oxygens (including phenoxy) is 2. The maximum absolute atomic E-state index is 10.9. The third-order valence-electron chi connectivity index (χ3n) is 4.55. The van der Waals surface area contributed by atoms with Crippen LogP contribution in [0, 0.1) is 0 Å². The zero-order valence-electron chi connectivity index (χ0n) is 13.6. The Morgan fingerprint density at radius 1 is 1.13 bits per heavy atom. The number of aryl methyl sites for hydroxylation is 1. The molecule has 2 aromatic rings. The molecule has 0 saturated heterocycles. The lowest BCUT2D eigenvalue weighted by atomic mass is 9.96. The van der Waals surface area contributed by atoms with Crippen LogP contribution < -0.4 is 14.8 Å². The van der Waals surface area contributed by atoms with Crippen molar-refractivity contribution in [3.05, 3.63) is 59.2 Å². The Kier molecular flexibility index (Phi) is 4.55. The van der Waals surface area contributed by atoms with Gasteiger partial charge in [0.2, 0.25) is 0 Å². The van der Waals surface area contributed by atoms with Gasteiger partial charge >= 0.3 is 0 Å². The number of nitrogens with one attached hydrogen (secondary N) is 1. The van der Waals surface area contributed by atoms with E-state index in [2.05, 4.69) is 11.4 Å². The van der Waals surface area contributed by atoms with Crippen LogP contribution in [0.1, 0.15) is 23.1 Å². The van der Waals surface area contributed by atoms with E-state index in [-0.39, 0.29) is 0 Å². The van der Waals surface area contributed by atoms with Crippen LogP contribution in [0.2, 0.25) is 0 Å². The first-order valence-electron chi connectivity index (χ1n) is 7.89. The van der Waals surface area contributed by atoms with E-state index >= 15 is 0 Å². The summed E-state index contributed by atoms with van der Waals surface area (Å²) in [6.07, 6.45) is 1.69. The molecular formula is C19H23NO3. The number of hydrogen-bond donors (Lipinski definition) is 2. The molecule has 1 aliphatic carbocycles. The van der Waals surface area contributed by atoms with Gasteiger partial charge in [-0.3, -0.25) is 0 Å². The van der Waals surface area contributed by atoms with Crippen molar-refractivity contribution in [2.75, 3.05) is 20.8 Å². The summed E-state index contributed by atoms with van der Waals surface area (Å²) in [7, 11) is 3.31. The lowest BCUT2D eigenvalue weighted by Gasteiger charge is -2.25. The fourth-order valence-electron chi connectivity index (χ4n) is 3.28. The van der Waals surface area contributed by atoms with Crippen LogP contribution in [0.4, 0.5) is 0 Å². The molecule has 0 fully saturated rings. The topological polar surface area (TPSA) is 50.7 Å². The predicted octanol–water partition coefficient (Wildman–Crippen LogP) is 2.63. The predicted molar refractivity (Wildman–Crippen MR) is 89.9 cm³/mol. The summed E-state index contributed by atoms with van der Waals surface area (Å²) in [5, 5.41) is 14.3. The highest BCUT2D eigenvalue weighted by molar-refractivity contribution is 5.40. The van der Waals surface area contributed by atoms with Crippen LogP contribution in [-0.4, -0.2) is 25.9 Å². The van der Waals surface area contributed by atoms with Crippen LogP contribution in [0.15, 0.2) is 42.5 Å². The molecule has 0 aromatic heterocycles. The van der Waals surface area contributed by atoms with Gasteiger partial charge in [0.25, 0.3) is 0 Å². The van der Waals surface area contributed by atoms with Gasteiger partial charge in [-0.25, -0.2) is 0 Å². The SMILES string of the molecule is COc1ccc(OC)c(CNCC2(O)CCc3ccccc32)c1. The van der Waals surface area contributed by atoms with Gasteiger partial charge in [0.1, 0.15) is 17.1 Å². The van der Waals surface area contributed by atoms with Gasteiger partial charge in [-0.15, -0.1) is 0 Å². The Balaban J connectivity index is 1.68. The number of fused-ring (bicyclic) bond motifs is 1. The molecule has 1 unspecified atom stereocenters. The third-order valence-corrected chi connectivity index (χ3v) is 4.55. The monoisotopic (exact) mass is 313 g/mol. The van der Waals surface area contributed by atoms with Gasteiger partial charge in [-0.2, -0.15) is 0 Å². The fourth-order valence-corrected chi connectivity index (χ4v) is 3.28. The number of hydrogen-bond acceptors (Lipinski definition) is 4. The third kappa shape index (κ3) is 3.19. The van der Waals surface area contributed by atoms with E-state index in [1.165, 1.54) is 5.56 Å². The number of aliphatic hydroxyl groups is 1. The Morgan fingerprint density at radius 3 is 2.74 bits per heavy atom. The van der Waals surface area contributed by atoms with Crippen molar-refractivity contribution < 1.29 is 14.6 Å². The second-order valence-corrected chi connectivity index (χ2v) is 5.97. The van der Waals surface area contributed by atoms with Crippen LogP contribution in [0.25, 0.3) is 0 Å².